The summed E-state index contributed by atoms with van der Waals surface area (Å²) in [6.45, 7) is 9.79. The molecule has 1 amide bonds. The average Bonchev–Trinajstić information content (AvgIpc) is 2.73. The first-order valence-corrected chi connectivity index (χ1v) is 10.9. The van der Waals surface area contributed by atoms with Gasteiger partial charge < -0.3 is 14.8 Å². The third-order valence-electron chi connectivity index (χ3n) is 5.63. The molecule has 0 atom stereocenters. The maximum absolute atomic E-state index is 13.4. The number of carbonyl (C=O) groups excluding carboxylic acids is 1. The van der Waals surface area contributed by atoms with Gasteiger partial charge in [-0.2, -0.15) is 0 Å². The van der Waals surface area contributed by atoms with Crippen molar-refractivity contribution in [1.82, 2.24) is 4.98 Å². The molecule has 158 valence electrons. The minimum Gasteiger partial charge on any atom is -0.491 e. The van der Waals surface area contributed by atoms with Gasteiger partial charge in [0, 0.05) is 18.2 Å². The van der Waals surface area contributed by atoms with Crippen molar-refractivity contribution in [3.63, 3.8) is 0 Å². The van der Waals surface area contributed by atoms with Gasteiger partial charge in [0.1, 0.15) is 16.9 Å². The summed E-state index contributed by atoms with van der Waals surface area (Å²) in [7, 11) is 0. The van der Waals surface area contributed by atoms with Crippen molar-refractivity contribution >= 4 is 22.5 Å². The zero-order valence-electron chi connectivity index (χ0n) is 18.2. The second-order valence-corrected chi connectivity index (χ2v) is 8.70. The smallest absolute Gasteiger partial charge is 0.256 e. The lowest BCUT2D eigenvalue weighted by Crippen LogP contribution is -2.48. The van der Waals surface area contributed by atoms with E-state index >= 15 is 0 Å². The summed E-state index contributed by atoms with van der Waals surface area (Å²) in [6, 6.07) is 7.67. The molecule has 1 aromatic heterocycles. The first kappa shape index (κ1) is 21.6. The van der Waals surface area contributed by atoms with Gasteiger partial charge in [0.2, 0.25) is 0 Å². The van der Waals surface area contributed by atoms with Crippen LogP contribution in [-0.2, 0) is 9.53 Å². The zero-order chi connectivity index (χ0) is 20.9. The van der Waals surface area contributed by atoms with Crippen LogP contribution in [0.2, 0.25) is 0 Å². The predicted octanol–water partition coefficient (Wildman–Crippen LogP) is 5.58. The Morgan fingerprint density at radius 3 is 2.72 bits per heavy atom. The molecule has 0 spiro atoms. The van der Waals surface area contributed by atoms with Gasteiger partial charge in [-0.25, -0.2) is 0 Å². The fourth-order valence-corrected chi connectivity index (χ4v) is 3.83. The summed E-state index contributed by atoms with van der Waals surface area (Å²) in [6.07, 6.45) is 6.23. The number of nitrogens with one attached hydrogen (secondary N) is 1. The van der Waals surface area contributed by atoms with Gasteiger partial charge >= 0.3 is 0 Å². The van der Waals surface area contributed by atoms with Crippen molar-refractivity contribution in [2.24, 2.45) is 11.8 Å². The summed E-state index contributed by atoms with van der Waals surface area (Å²) in [5, 5.41) is 4.04. The van der Waals surface area contributed by atoms with Gasteiger partial charge in [0.15, 0.2) is 0 Å². The number of nitrogens with zero attached hydrogens (tertiary/aromatic N) is 1. The van der Waals surface area contributed by atoms with Gasteiger partial charge in [-0.3, -0.25) is 9.78 Å². The summed E-state index contributed by atoms with van der Waals surface area (Å²) < 4.78 is 12.1. The van der Waals surface area contributed by atoms with Crippen LogP contribution in [0.4, 0.5) is 5.69 Å². The summed E-state index contributed by atoms with van der Waals surface area (Å²) in [5.74, 6) is 1.77. The van der Waals surface area contributed by atoms with Crippen LogP contribution in [0, 0.1) is 11.8 Å². The van der Waals surface area contributed by atoms with Crippen LogP contribution in [0.3, 0.4) is 0 Å². The Kier molecular flexibility index (Phi) is 7.12. The highest BCUT2D eigenvalue weighted by Crippen LogP contribution is 2.37. The number of hydrogen-bond acceptors (Lipinski definition) is 4. The highest BCUT2D eigenvalue weighted by atomic mass is 16.5. The molecular formula is C24H34N2O3. The summed E-state index contributed by atoms with van der Waals surface area (Å²) >= 11 is 0. The predicted molar refractivity (Wildman–Crippen MR) is 117 cm³/mol. The zero-order valence-corrected chi connectivity index (χ0v) is 18.2. The van der Waals surface area contributed by atoms with E-state index in [-0.39, 0.29) is 5.91 Å². The number of amides is 1. The van der Waals surface area contributed by atoms with E-state index in [0.717, 1.165) is 54.4 Å². The van der Waals surface area contributed by atoms with Gasteiger partial charge in [0.25, 0.3) is 5.91 Å². The van der Waals surface area contributed by atoms with Crippen LogP contribution in [-0.4, -0.2) is 29.7 Å². The Balaban J connectivity index is 1.86. The fourth-order valence-electron chi connectivity index (χ4n) is 3.83. The Bertz CT molecular complexity index is 820. The Hall–Kier alpha value is -2.14. The van der Waals surface area contributed by atoms with Crippen molar-refractivity contribution < 1.29 is 14.3 Å². The van der Waals surface area contributed by atoms with E-state index in [1.165, 1.54) is 0 Å². The van der Waals surface area contributed by atoms with Crippen LogP contribution in [0.5, 0.6) is 5.75 Å². The third-order valence-corrected chi connectivity index (χ3v) is 5.63. The van der Waals surface area contributed by atoms with Crippen LogP contribution < -0.4 is 10.1 Å². The van der Waals surface area contributed by atoms with E-state index in [1.54, 1.807) is 6.20 Å². The van der Waals surface area contributed by atoms with Crippen LogP contribution >= 0.6 is 0 Å². The maximum Gasteiger partial charge on any atom is 0.256 e. The van der Waals surface area contributed by atoms with Crippen LogP contribution in [0.25, 0.3) is 10.9 Å². The number of carbonyl (C=O) groups is 1. The molecule has 2 aromatic rings. The number of fused-ring (bicyclic) bond motifs is 1. The highest BCUT2D eigenvalue weighted by Gasteiger charge is 2.42. The lowest BCUT2D eigenvalue weighted by Gasteiger charge is -2.38. The maximum atomic E-state index is 13.4. The van der Waals surface area contributed by atoms with Gasteiger partial charge in [-0.15, -0.1) is 0 Å². The number of anilines is 1. The fraction of sp³-hybridized carbons (Fsp3) is 0.583. The lowest BCUT2D eigenvalue weighted by atomic mass is 9.78. The van der Waals surface area contributed by atoms with Gasteiger partial charge in [-0.05, 0) is 68.2 Å². The van der Waals surface area contributed by atoms with E-state index in [0.29, 0.717) is 25.0 Å². The summed E-state index contributed by atoms with van der Waals surface area (Å²) in [4.78, 5) is 17.9. The molecule has 1 aliphatic carbocycles. The molecule has 5 nitrogen and oxygen atoms in total. The molecule has 1 N–H and O–H groups in total. The molecule has 1 fully saturated rings. The number of benzene rings is 1. The average molecular weight is 399 g/mol. The largest absolute Gasteiger partial charge is 0.491 e. The topological polar surface area (TPSA) is 60.5 Å². The molecule has 0 aliphatic heterocycles. The van der Waals surface area contributed by atoms with Crippen LogP contribution in [0.15, 0.2) is 30.5 Å². The van der Waals surface area contributed by atoms with Crippen molar-refractivity contribution in [3.05, 3.63) is 30.5 Å². The Morgan fingerprint density at radius 1 is 1.28 bits per heavy atom. The van der Waals surface area contributed by atoms with Crippen molar-refractivity contribution in [3.8, 4) is 5.75 Å². The minimum atomic E-state index is -0.732. The SMILES string of the molecule is CCCOC1(C(=O)Nc2ccc(OCC(C)C)c3ncccc23)CCC(C)CC1. The molecule has 0 unspecified atom stereocenters. The summed E-state index contributed by atoms with van der Waals surface area (Å²) in [5.41, 5.74) is 0.795. The second kappa shape index (κ2) is 9.57. The number of hydrogen-bond donors (Lipinski definition) is 1. The third kappa shape index (κ3) is 5.08. The first-order valence-electron chi connectivity index (χ1n) is 10.9. The highest BCUT2D eigenvalue weighted by molar-refractivity contribution is 6.05. The van der Waals surface area contributed by atoms with E-state index in [9.17, 15) is 4.79 Å². The first-order chi connectivity index (χ1) is 13.9. The van der Waals surface area contributed by atoms with Gasteiger partial charge in [-0.1, -0.05) is 27.7 Å². The lowest BCUT2D eigenvalue weighted by molar-refractivity contribution is -0.147. The molecule has 1 saturated carbocycles. The molecule has 1 heterocycles. The molecule has 0 radical (unpaired) electrons. The molecular weight excluding hydrogens is 364 g/mol. The molecule has 1 aliphatic rings. The van der Waals surface area contributed by atoms with E-state index in [1.807, 2.05) is 24.3 Å². The number of ether oxygens (including phenoxy) is 2. The van der Waals surface area contributed by atoms with Gasteiger partial charge in [0.05, 0.1) is 12.3 Å². The second-order valence-electron chi connectivity index (χ2n) is 8.70. The molecule has 3 rings (SSSR count). The van der Waals surface area contributed by atoms with E-state index < -0.39 is 5.60 Å². The molecule has 0 saturated heterocycles. The molecule has 0 bridgehead atoms. The molecule has 29 heavy (non-hydrogen) atoms. The number of pyridine rings is 1. The van der Waals surface area contributed by atoms with Crippen molar-refractivity contribution in [2.75, 3.05) is 18.5 Å². The van der Waals surface area contributed by atoms with Crippen LogP contribution in [0.1, 0.15) is 59.8 Å². The number of rotatable bonds is 8. The molecule has 1 aromatic carbocycles. The quantitative estimate of drug-likeness (QED) is 0.630. The van der Waals surface area contributed by atoms with Crippen molar-refractivity contribution in [1.29, 1.82) is 0 Å². The molecule has 5 heteroatoms. The van der Waals surface area contributed by atoms with E-state index in [2.05, 4.69) is 38.0 Å². The number of aromatic nitrogens is 1. The monoisotopic (exact) mass is 398 g/mol. The Morgan fingerprint density at radius 2 is 2.03 bits per heavy atom. The standard InChI is InChI=1S/C24H34N2O3/c1-5-15-29-24(12-10-18(4)11-13-24)23(27)26-20-8-9-21(28-16-17(2)3)22-19(20)7-6-14-25-22/h6-9,14,17-18H,5,10-13,15-16H2,1-4H3,(H,26,27). The Labute approximate surface area is 174 Å². The minimum absolute atomic E-state index is 0.0427. The van der Waals surface area contributed by atoms with E-state index in [4.69, 9.17) is 9.47 Å². The normalized spacial score (nSPS) is 22.0. The van der Waals surface area contributed by atoms with Crippen molar-refractivity contribution in [2.45, 2.75) is 65.4 Å².